The second-order valence-corrected chi connectivity index (χ2v) is 4.68. The fourth-order valence-electron chi connectivity index (χ4n) is 1.44. The Hall–Kier alpha value is -2.28. The molecule has 0 saturated heterocycles. The molecule has 2 aromatic carbocycles. The first-order valence-electron chi connectivity index (χ1n) is 5.39. The molecule has 5 nitrogen and oxygen atoms in total. The number of hydrogen-bond acceptors (Lipinski definition) is 4. The zero-order chi connectivity index (χ0) is 14.7. The standard InChI is InChI=1S/C13H7BrFNO4/c14-9-3-6-12(11(15)7-9)20-13(17)8-1-4-10(5-2-8)16(18)19/h1-7H. The molecule has 0 aliphatic rings. The molecule has 0 saturated carbocycles. The van der Waals surface area contributed by atoms with Crippen molar-refractivity contribution in [3.05, 3.63) is 68.4 Å². The summed E-state index contributed by atoms with van der Waals surface area (Å²) in [5.41, 5.74) is -0.0470. The van der Waals surface area contributed by atoms with Crippen molar-refractivity contribution in [2.75, 3.05) is 0 Å². The van der Waals surface area contributed by atoms with Crippen LogP contribution in [-0.4, -0.2) is 10.9 Å². The first kappa shape index (κ1) is 14.1. The van der Waals surface area contributed by atoms with Gasteiger partial charge in [0.25, 0.3) is 5.69 Å². The second kappa shape index (κ2) is 5.79. The summed E-state index contributed by atoms with van der Waals surface area (Å²) in [5, 5.41) is 10.5. The SMILES string of the molecule is O=C(Oc1ccc(Br)cc1F)c1ccc([N+](=O)[O-])cc1. The quantitative estimate of drug-likeness (QED) is 0.370. The molecule has 0 aliphatic carbocycles. The van der Waals surface area contributed by atoms with E-state index >= 15 is 0 Å². The van der Waals surface area contributed by atoms with Gasteiger partial charge < -0.3 is 4.74 Å². The Morgan fingerprint density at radius 2 is 1.85 bits per heavy atom. The van der Waals surface area contributed by atoms with Gasteiger partial charge in [0.2, 0.25) is 0 Å². The first-order chi connectivity index (χ1) is 9.47. The van der Waals surface area contributed by atoms with Gasteiger partial charge in [-0.2, -0.15) is 0 Å². The molecule has 0 bridgehead atoms. The monoisotopic (exact) mass is 339 g/mol. The molecule has 0 aliphatic heterocycles. The summed E-state index contributed by atoms with van der Waals surface area (Å²) in [5.74, 6) is -1.69. The third-order valence-electron chi connectivity index (χ3n) is 2.41. The number of benzene rings is 2. The van der Waals surface area contributed by atoms with Crippen molar-refractivity contribution >= 4 is 27.6 Å². The van der Waals surface area contributed by atoms with Crippen molar-refractivity contribution in [3.63, 3.8) is 0 Å². The van der Waals surface area contributed by atoms with Crippen LogP contribution in [0, 0.1) is 15.9 Å². The van der Waals surface area contributed by atoms with E-state index in [4.69, 9.17) is 4.74 Å². The predicted molar refractivity (Wildman–Crippen MR) is 72.2 cm³/mol. The predicted octanol–water partition coefficient (Wildman–Crippen LogP) is 3.72. The molecule has 102 valence electrons. The van der Waals surface area contributed by atoms with Gasteiger partial charge in [-0.15, -0.1) is 0 Å². The van der Waals surface area contributed by atoms with Crippen LogP contribution in [0.15, 0.2) is 46.9 Å². The van der Waals surface area contributed by atoms with Gasteiger partial charge in [-0.1, -0.05) is 15.9 Å². The van der Waals surface area contributed by atoms with Crippen molar-refractivity contribution in [2.24, 2.45) is 0 Å². The largest absolute Gasteiger partial charge is 0.420 e. The van der Waals surface area contributed by atoms with E-state index in [0.29, 0.717) is 4.47 Å². The van der Waals surface area contributed by atoms with E-state index in [1.807, 2.05) is 0 Å². The molecule has 0 unspecified atom stereocenters. The molecule has 0 heterocycles. The lowest BCUT2D eigenvalue weighted by molar-refractivity contribution is -0.384. The zero-order valence-electron chi connectivity index (χ0n) is 9.88. The molecule has 0 atom stereocenters. The third-order valence-corrected chi connectivity index (χ3v) is 2.90. The Kier molecular flexibility index (Phi) is 4.09. The summed E-state index contributed by atoms with van der Waals surface area (Å²) in [6, 6.07) is 8.85. The summed E-state index contributed by atoms with van der Waals surface area (Å²) in [6.45, 7) is 0. The van der Waals surface area contributed by atoms with Crippen LogP contribution < -0.4 is 4.74 Å². The highest BCUT2D eigenvalue weighted by molar-refractivity contribution is 9.10. The van der Waals surface area contributed by atoms with Crippen LogP contribution >= 0.6 is 15.9 Å². The molecule has 0 N–H and O–H groups in total. The number of nitro benzene ring substituents is 1. The van der Waals surface area contributed by atoms with Crippen LogP contribution in [0.25, 0.3) is 0 Å². The van der Waals surface area contributed by atoms with Crippen LogP contribution in [0.1, 0.15) is 10.4 Å². The molecule has 0 aromatic heterocycles. The van der Waals surface area contributed by atoms with Gasteiger partial charge in [0, 0.05) is 16.6 Å². The Balaban J connectivity index is 2.17. The van der Waals surface area contributed by atoms with Crippen molar-refractivity contribution in [2.45, 2.75) is 0 Å². The minimum atomic E-state index is -0.791. The van der Waals surface area contributed by atoms with Crippen LogP contribution in [0.2, 0.25) is 0 Å². The van der Waals surface area contributed by atoms with E-state index in [-0.39, 0.29) is 17.0 Å². The Labute approximate surface area is 121 Å². The number of rotatable bonds is 3. The summed E-state index contributed by atoms with van der Waals surface area (Å²) in [7, 11) is 0. The number of nitro groups is 1. The Morgan fingerprint density at radius 1 is 1.20 bits per heavy atom. The number of esters is 1. The van der Waals surface area contributed by atoms with E-state index in [0.717, 1.165) is 0 Å². The molecule has 0 radical (unpaired) electrons. The zero-order valence-corrected chi connectivity index (χ0v) is 11.5. The molecular weight excluding hydrogens is 333 g/mol. The normalized spacial score (nSPS) is 10.1. The maximum atomic E-state index is 13.5. The van der Waals surface area contributed by atoms with E-state index in [1.165, 1.54) is 42.5 Å². The summed E-state index contributed by atoms with van der Waals surface area (Å²) in [6.07, 6.45) is 0. The fraction of sp³-hybridized carbons (Fsp3) is 0. The lowest BCUT2D eigenvalue weighted by Crippen LogP contribution is -2.09. The Bertz CT molecular complexity index is 673. The van der Waals surface area contributed by atoms with Gasteiger partial charge in [-0.25, -0.2) is 9.18 Å². The highest BCUT2D eigenvalue weighted by Gasteiger charge is 2.13. The molecule has 0 fully saturated rings. The van der Waals surface area contributed by atoms with E-state index in [2.05, 4.69) is 15.9 Å². The van der Waals surface area contributed by atoms with E-state index < -0.39 is 16.7 Å². The average Bonchev–Trinajstić information content (AvgIpc) is 2.42. The van der Waals surface area contributed by atoms with Gasteiger partial charge in [0.15, 0.2) is 11.6 Å². The van der Waals surface area contributed by atoms with Crippen LogP contribution in [0.3, 0.4) is 0 Å². The maximum absolute atomic E-state index is 13.5. The van der Waals surface area contributed by atoms with Gasteiger partial charge in [-0.3, -0.25) is 10.1 Å². The van der Waals surface area contributed by atoms with Crippen LogP contribution in [0.5, 0.6) is 5.75 Å². The number of carbonyl (C=O) groups excluding carboxylic acids is 1. The van der Waals surface area contributed by atoms with Crippen molar-refractivity contribution in [1.82, 2.24) is 0 Å². The molecule has 7 heteroatoms. The van der Waals surface area contributed by atoms with E-state index in [9.17, 15) is 19.3 Å². The minimum absolute atomic E-state index is 0.0953. The molecule has 0 amide bonds. The Morgan fingerprint density at radius 3 is 2.40 bits per heavy atom. The van der Waals surface area contributed by atoms with Crippen molar-refractivity contribution < 1.29 is 18.8 Å². The smallest absolute Gasteiger partial charge is 0.343 e. The fourth-order valence-corrected chi connectivity index (χ4v) is 1.77. The van der Waals surface area contributed by atoms with Gasteiger partial charge in [-0.05, 0) is 30.3 Å². The van der Waals surface area contributed by atoms with Crippen molar-refractivity contribution in [3.8, 4) is 5.75 Å². The van der Waals surface area contributed by atoms with Crippen molar-refractivity contribution in [1.29, 1.82) is 0 Å². The van der Waals surface area contributed by atoms with Crippen LogP contribution in [-0.2, 0) is 0 Å². The summed E-state index contributed by atoms with van der Waals surface area (Å²) in [4.78, 5) is 21.7. The highest BCUT2D eigenvalue weighted by atomic mass is 79.9. The summed E-state index contributed by atoms with van der Waals surface area (Å²) < 4.78 is 18.9. The highest BCUT2D eigenvalue weighted by Crippen LogP contribution is 2.22. The average molecular weight is 340 g/mol. The molecule has 20 heavy (non-hydrogen) atoms. The second-order valence-electron chi connectivity index (χ2n) is 3.77. The lowest BCUT2D eigenvalue weighted by atomic mass is 10.2. The summed E-state index contributed by atoms with van der Waals surface area (Å²) >= 11 is 3.08. The number of halogens is 2. The topological polar surface area (TPSA) is 69.4 Å². The molecule has 2 aromatic rings. The maximum Gasteiger partial charge on any atom is 0.343 e. The third kappa shape index (κ3) is 3.18. The molecule has 0 spiro atoms. The number of ether oxygens (including phenoxy) is 1. The van der Waals surface area contributed by atoms with E-state index in [1.54, 1.807) is 0 Å². The van der Waals surface area contributed by atoms with Gasteiger partial charge >= 0.3 is 5.97 Å². The van der Waals surface area contributed by atoms with Gasteiger partial charge in [0.1, 0.15) is 0 Å². The number of hydrogen-bond donors (Lipinski definition) is 0. The molecular formula is C13H7BrFNO4. The number of nitrogens with zero attached hydrogens (tertiary/aromatic N) is 1. The van der Waals surface area contributed by atoms with Crippen LogP contribution in [0.4, 0.5) is 10.1 Å². The minimum Gasteiger partial charge on any atom is -0.420 e. The first-order valence-corrected chi connectivity index (χ1v) is 6.18. The molecule has 2 rings (SSSR count). The number of non-ortho nitro benzene ring substituents is 1. The van der Waals surface area contributed by atoms with Gasteiger partial charge in [0.05, 0.1) is 10.5 Å². The lowest BCUT2D eigenvalue weighted by Gasteiger charge is -2.05. The number of carbonyl (C=O) groups is 1.